The maximum atomic E-state index is 2.40. The van der Waals surface area contributed by atoms with Gasteiger partial charge in [-0.3, -0.25) is 0 Å². The molecule has 0 amide bonds. The summed E-state index contributed by atoms with van der Waals surface area (Å²) in [5.41, 5.74) is 14.2. The molecular weight excluding hydrogens is 577 g/mol. The standard InChI is InChI=1S/C13H16.C11H12.C11H10.C9H12.2C2H6/c1-11-6-5-9-13(10-11)12-7-3-2-4-8-12;2*1-9-5-4-7-10-6-2-3-8-11(9)10;1-7-4-5-8(2)9(3)6-7;2*1-2/h5-7,9-10H,2-4,8H2,1H3;3-5,7-8H,2,6H2,1H3;2-8H,1H3;4-6H,1-3H3;2*1-2H3. The summed E-state index contributed by atoms with van der Waals surface area (Å²) in [5.74, 6) is 0. The number of aryl methyl sites for hydroxylation is 7. The van der Waals surface area contributed by atoms with Crippen molar-refractivity contribution in [3.05, 3.63) is 165 Å². The molecule has 0 nitrogen and oxygen atoms in total. The summed E-state index contributed by atoms with van der Waals surface area (Å²) in [6, 6.07) is 36.7. The zero-order valence-corrected chi connectivity index (χ0v) is 31.8. The van der Waals surface area contributed by atoms with Gasteiger partial charge in [-0.2, -0.15) is 0 Å². The largest absolute Gasteiger partial charge is 0.0836 e. The predicted octanol–water partition coefficient (Wildman–Crippen LogP) is 14.7. The predicted molar refractivity (Wildman–Crippen MR) is 218 cm³/mol. The average molecular weight is 639 g/mol. The molecule has 0 spiro atoms. The SMILES string of the molecule is CC.CC.Cc1ccc(C)c(C)c1.Cc1cccc(C2=CCCCC2)c1.Cc1cccc2c1C=CCC2.Cc1cccc2ccccc12. The molecule has 5 aromatic rings. The number of rotatable bonds is 1. The molecule has 0 atom stereocenters. The summed E-state index contributed by atoms with van der Waals surface area (Å²) < 4.78 is 0. The molecule has 254 valence electrons. The molecule has 2 aliphatic carbocycles. The smallest absolute Gasteiger partial charge is 0.0155 e. The van der Waals surface area contributed by atoms with Gasteiger partial charge in [-0.05, 0) is 135 Å². The van der Waals surface area contributed by atoms with Crippen molar-refractivity contribution in [3.63, 3.8) is 0 Å². The molecule has 0 radical (unpaired) electrons. The van der Waals surface area contributed by atoms with Crippen LogP contribution in [0.5, 0.6) is 0 Å². The lowest BCUT2D eigenvalue weighted by Gasteiger charge is -2.12. The zero-order chi connectivity index (χ0) is 35.3. The molecule has 0 aromatic heterocycles. The molecule has 0 bridgehead atoms. The van der Waals surface area contributed by atoms with E-state index in [0.29, 0.717) is 0 Å². The first-order valence-corrected chi connectivity index (χ1v) is 18.3. The second kappa shape index (κ2) is 22.4. The normalized spacial score (nSPS) is 12.3. The second-order valence-corrected chi connectivity index (χ2v) is 12.3. The van der Waals surface area contributed by atoms with Crippen molar-refractivity contribution in [1.82, 2.24) is 0 Å². The fourth-order valence-corrected chi connectivity index (χ4v) is 5.86. The van der Waals surface area contributed by atoms with Gasteiger partial charge in [0.25, 0.3) is 0 Å². The first-order chi connectivity index (χ1) is 23.3. The third-order valence-electron chi connectivity index (χ3n) is 8.63. The third-order valence-corrected chi connectivity index (χ3v) is 8.63. The quantitative estimate of drug-likeness (QED) is 0.171. The Kier molecular flexibility index (Phi) is 18.7. The summed E-state index contributed by atoms with van der Waals surface area (Å²) in [6.07, 6.45) is 14.6. The Morgan fingerprint density at radius 3 is 1.79 bits per heavy atom. The minimum Gasteiger partial charge on any atom is -0.0836 e. The van der Waals surface area contributed by atoms with Crippen LogP contribution in [-0.2, 0) is 6.42 Å². The Bertz CT molecular complexity index is 1710. The topological polar surface area (TPSA) is 0 Å². The van der Waals surface area contributed by atoms with Gasteiger partial charge in [-0.15, -0.1) is 0 Å². The minimum atomic E-state index is 1.20. The Hall–Kier alpha value is -4.16. The summed E-state index contributed by atoms with van der Waals surface area (Å²) in [5, 5.41) is 2.68. The maximum Gasteiger partial charge on any atom is -0.0155 e. The highest BCUT2D eigenvalue weighted by Gasteiger charge is 2.06. The summed E-state index contributed by atoms with van der Waals surface area (Å²) in [7, 11) is 0. The van der Waals surface area contributed by atoms with E-state index in [0.717, 1.165) is 0 Å². The molecular formula is C48H62. The van der Waals surface area contributed by atoms with Crippen LogP contribution in [0.3, 0.4) is 0 Å². The highest BCUT2D eigenvalue weighted by Crippen LogP contribution is 2.27. The Morgan fingerprint density at radius 2 is 1.15 bits per heavy atom. The van der Waals surface area contributed by atoms with E-state index >= 15 is 0 Å². The highest BCUT2D eigenvalue weighted by molar-refractivity contribution is 5.85. The van der Waals surface area contributed by atoms with Crippen LogP contribution in [0.4, 0.5) is 0 Å². The Labute approximate surface area is 294 Å². The van der Waals surface area contributed by atoms with Gasteiger partial charge in [0.15, 0.2) is 0 Å². The van der Waals surface area contributed by atoms with Crippen molar-refractivity contribution in [2.75, 3.05) is 0 Å². The molecule has 48 heavy (non-hydrogen) atoms. The van der Waals surface area contributed by atoms with Crippen molar-refractivity contribution in [2.45, 2.75) is 108 Å². The van der Waals surface area contributed by atoms with Crippen LogP contribution in [0.1, 0.15) is 110 Å². The van der Waals surface area contributed by atoms with Gasteiger partial charge >= 0.3 is 0 Å². The summed E-state index contributed by atoms with van der Waals surface area (Å²) in [6.45, 7) is 20.9. The maximum absolute atomic E-state index is 2.40. The van der Waals surface area contributed by atoms with Crippen molar-refractivity contribution < 1.29 is 0 Å². The first-order valence-electron chi connectivity index (χ1n) is 18.3. The van der Waals surface area contributed by atoms with Crippen molar-refractivity contribution in [2.24, 2.45) is 0 Å². The van der Waals surface area contributed by atoms with Gasteiger partial charge < -0.3 is 0 Å². The van der Waals surface area contributed by atoms with Crippen LogP contribution >= 0.6 is 0 Å². The highest BCUT2D eigenvalue weighted by atomic mass is 14.1. The van der Waals surface area contributed by atoms with Crippen LogP contribution in [0, 0.1) is 41.5 Å². The molecule has 0 aliphatic heterocycles. The minimum absolute atomic E-state index is 1.20. The molecule has 5 aromatic carbocycles. The fourth-order valence-electron chi connectivity index (χ4n) is 5.86. The van der Waals surface area contributed by atoms with E-state index in [1.165, 1.54) is 99.4 Å². The van der Waals surface area contributed by atoms with E-state index in [2.05, 4.69) is 163 Å². The molecule has 0 N–H and O–H groups in total. The molecule has 7 rings (SSSR count). The molecule has 0 saturated heterocycles. The van der Waals surface area contributed by atoms with Crippen LogP contribution in [-0.4, -0.2) is 0 Å². The molecule has 0 fully saturated rings. The summed E-state index contributed by atoms with van der Waals surface area (Å²) >= 11 is 0. The number of fused-ring (bicyclic) bond motifs is 2. The van der Waals surface area contributed by atoms with Crippen LogP contribution < -0.4 is 0 Å². The molecule has 0 heterocycles. The van der Waals surface area contributed by atoms with Crippen LogP contribution in [0.25, 0.3) is 22.4 Å². The van der Waals surface area contributed by atoms with E-state index in [4.69, 9.17) is 0 Å². The van der Waals surface area contributed by atoms with Crippen LogP contribution in [0.15, 0.2) is 115 Å². The lowest BCUT2D eigenvalue weighted by atomic mass is 9.93. The van der Waals surface area contributed by atoms with E-state index < -0.39 is 0 Å². The zero-order valence-electron chi connectivity index (χ0n) is 31.8. The Morgan fingerprint density at radius 1 is 0.479 bits per heavy atom. The number of hydrogen-bond donors (Lipinski definition) is 0. The monoisotopic (exact) mass is 638 g/mol. The number of hydrogen-bond acceptors (Lipinski definition) is 0. The van der Waals surface area contributed by atoms with Gasteiger partial charge in [0.1, 0.15) is 0 Å². The Balaban J connectivity index is 0.000000216. The lowest BCUT2D eigenvalue weighted by molar-refractivity contribution is 0.742. The van der Waals surface area contributed by atoms with Gasteiger partial charge in [-0.25, -0.2) is 0 Å². The first kappa shape index (κ1) is 40.0. The van der Waals surface area contributed by atoms with Gasteiger partial charge in [-0.1, -0.05) is 160 Å². The van der Waals surface area contributed by atoms with E-state index in [9.17, 15) is 0 Å². The average Bonchev–Trinajstić information content (AvgIpc) is 3.13. The fraction of sp³-hybridized carbons (Fsp3) is 0.333. The molecule has 0 saturated carbocycles. The molecule has 0 unspecified atom stereocenters. The van der Waals surface area contributed by atoms with E-state index in [1.54, 1.807) is 5.57 Å². The van der Waals surface area contributed by atoms with E-state index in [-0.39, 0.29) is 0 Å². The van der Waals surface area contributed by atoms with Crippen molar-refractivity contribution in [3.8, 4) is 0 Å². The lowest BCUT2D eigenvalue weighted by Crippen LogP contribution is -1.95. The molecule has 0 heteroatoms. The van der Waals surface area contributed by atoms with Crippen molar-refractivity contribution in [1.29, 1.82) is 0 Å². The second-order valence-electron chi connectivity index (χ2n) is 12.3. The van der Waals surface area contributed by atoms with Crippen LogP contribution in [0.2, 0.25) is 0 Å². The molecule has 2 aliphatic rings. The van der Waals surface area contributed by atoms with Crippen molar-refractivity contribution >= 4 is 22.4 Å². The van der Waals surface area contributed by atoms with Gasteiger partial charge in [0.05, 0.1) is 0 Å². The van der Waals surface area contributed by atoms with Gasteiger partial charge in [0, 0.05) is 0 Å². The number of allylic oxidation sites excluding steroid dienone is 3. The van der Waals surface area contributed by atoms with E-state index in [1.807, 2.05) is 27.7 Å². The number of benzene rings is 5. The van der Waals surface area contributed by atoms with Gasteiger partial charge in [0.2, 0.25) is 0 Å². The summed E-state index contributed by atoms with van der Waals surface area (Å²) in [4.78, 5) is 0. The third kappa shape index (κ3) is 13.2.